The number of alkyl carbamates (subject to hydrolysis) is 1. The molecule has 2 amide bonds. The van der Waals surface area contributed by atoms with Crippen molar-refractivity contribution in [1.82, 2.24) is 16.0 Å². The number of amides is 2. The van der Waals surface area contributed by atoms with Crippen molar-refractivity contribution >= 4 is 47.6 Å². The van der Waals surface area contributed by atoms with Crippen LogP contribution in [0, 0.1) is 0 Å². The first-order valence-corrected chi connectivity index (χ1v) is 10.2. The molecular formula is C21H34IN5O4. The number of halogens is 1. The van der Waals surface area contributed by atoms with Crippen LogP contribution in [0.4, 0.5) is 10.5 Å². The van der Waals surface area contributed by atoms with Gasteiger partial charge in [-0.1, -0.05) is 12.1 Å². The van der Waals surface area contributed by atoms with Crippen molar-refractivity contribution in [3.05, 3.63) is 24.3 Å². The van der Waals surface area contributed by atoms with Gasteiger partial charge in [0.25, 0.3) is 5.91 Å². The van der Waals surface area contributed by atoms with Gasteiger partial charge in [0, 0.05) is 33.2 Å². The predicted octanol–water partition coefficient (Wildman–Crippen LogP) is 2.50. The highest BCUT2D eigenvalue weighted by Crippen LogP contribution is 2.31. The summed E-state index contributed by atoms with van der Waals surface area (Å²) in [7, 11) is 1.70. The van der Waals surface area contributed by atoms with Gasteiger partial charge in [-0.05, 0) is 45.7 Å². The van der Waals surface area contributed by atoms with Crippen molar-refractivity contribution in [2.75, 3.05) is 44.7 Å². The second kappa shape index (κ2) is 13.2. The number of ether oxygens (including phenoxy) is 2. The van der Waals surface area contributed by atoms with Crippen LogP contribution in [0.15, 0.2) is 29.3 Å². The number of hydrogen-bond donors (Lipinski definition) is 3. The van der Waals surface area contributed by atoms with E-state index in [2.05, 4.69) is 20.9 Å². The number of hydrogen-bond acceptors (Lipinski definition) is 5. The van der Waals surface area contributed by atoms with Crippen molar-refractivity contribution in [1.29, 1.82) is 0 Å². The first-order valence-electron chi connectivity index (χ1n) is 10.2. The van der Waals surface area contributed by atoms with Crippen molar-refractivity contribution < 1.29 is 19.1 Å². The zero-order valence-corrected chi connectivity index (χ0v) is 21.0. The van der Waals surface area contributed by atoms with Crippen LogP contribution in [0.2, 0.25) is 0 Å². The molecule has 9 nitrogen and oxygen atoms in total. The third-order valence-corrected chi connectivity index (χ3v) is 4.20. The van der Waals surface area contributed by atoms with Crippen molar-refractivity contribution in [3.63, 3.8) is 0 Å². The molecule has 0 aromatic heterocycles. The number of aliphatic imine (C=N–C) groups is 1. The number of nitrogens with one attached hydrogen (secondary N) is 3. The molecule has 0 saturated carbocycles. The Morgan fingerprint density at radius 3 is 2.45 bits per heavy atom. The summed E-state index contributed by atoms with van der Waals surface area (Å²) >= 11 is 0. The third-order valence-electron chi connectivity index (χ3n) is 4.20. The number of rotatable bonds is 8. The van der Waals surface area contributed by atoms with Crippen LogP contribution in [-0.2, 0) is 9.53 Å². The molecule has 10 heteroatoms. The van der Waals surface area contributed by atoms with Gasteiger partial charge in [-0.2, -0.15) is 0 Å². The molecule has 0 atom stereocenters. The molecule has 0 bridgehead atoms. The smallest absolute Gasteiger partial charge is 0.407 e. The zero-order valence-electron chi connectivity index (χ0n) is 18.7. The van der Waals surface area contributed by atoms with E-state index in [0.717, 1.165) is 24.3 Å². The highest BCUT2D eigenvalue weighted by molar-refractivity contribution is 14.0. The number of guanidine groups is 1. The minimum Gasteiger partial charge on any atom is -0.482 e. The molecular weight excluding hydrogens is 513 g/mol. The highest BCUT2D eigenvalue weighted by atomic mass is 127. The fourth-order valence-electron chi connectivity index (χ4n) is 2.86. The molecule has 31 heavy (non-hydrogen) atoms. The Balaban J connectivity index is 0.00000480. The molecule has 174 valence electrons. The zero-order chi connectivity index (χ0) is 22.0. The number of fused-ring (bicyclic) bond motifs is 1. The van der Waals surface area contributed by atoms with E-state index in [1.807, 2.05) is 45.0 Å². The standard InChI is InChI=1S/C21H33N5O4.HI/c1-21(2,3)30-20(28)25-12-7-11-23-19(22-4)24-13-8-14-26-16-9-5-6-10-17(16)29-15-18(26)27;/h5-6,9-10H,7-8,11-15H2,1-4H3,(H,25,28)(H2,22,23,24);1H. The van der Waals surface area contributed by atoms with Gasteiger partial charge in [-0.15, -0.1) is 24.0 Å². The number of para-hydroxylation sites is 2. The lowest BCUT2D eigenvalue weighted by Gasteiger charge is -2.29. The fourth-order valence-corrected chi connectivity index (χ4v) is 2.86. The van der Waals surface area contributed by atoms with Gasteiger partial charge in [-0.25, -0.2) is 4.79 Å². The van der Waals surface area contributed by atoms with Gasteiger partial charge in [-0.3, -0.25) is 9.79 Å². The lowest BCUT2D eigenvalue weighted by atomic mass is 10.2. The Bertz CT molecular complexity index is 752. The maximum Gasteiger partial charge on any atom is 0.407 e. The van der Waals surface area contributed by atoms with E-state index in [-0.39, 0.29) is 36.5 Å². The molecule has 2 rings (SSSR count). The molecule has 1 aliphatic rings. The molecule has 0 unspecified atom stereocenters. The number of carbonyl (C=O) groups excluding carboxylic acids is 2. The Morgan fingerprint density at radius 2 is 1.77 bits per heavy atom. The molecule has 0 spiro atoms. The Hall–Kier alpha value is -2.24. The fraction of sp³-hybridized carbons (Fsp3) is 0.571. The molecule has 1 heterocycles. The van der Waals surface area contributed by atoms with Gasteiger partial charge in [0.2, 0.25) is 0 Å². The predicted molar refractivity (Wildman–Crippen MR) is 133 cm³/mol. The summed E-state index contributed by atoms with van der Waals surface area (Å²) in [5, 5.41) is 9.16. The van der Waals surface area contributed by atoms with E-state index in [9.17, 15) is 9.59 Å². The maximum absolute atomic E-state index is 12.2. The monoisotopic (exact) mass is 547 g/mol. The van der Waals surface area contributed by atoms with Crippen molar-refractivity contribution in [2.24, 2.45) is 4.99 Å². The Kier molecular flexibility index (Phi) is 11.4. The number of nitrogens with zero attached hydrogens (tertiary/aromatic N) is 2. The second-order valence-corrected chi connectivity index (χ2v) is 7.86. The summed E-state index contributed by atoms with van der Waals surface area (Å²) in [4.78, 5) is 29.7. The minimum atomic E-state index is -0.498. The van der Waals surface area contributed by atoms with E-state index in [4.69, 9.17) is 9.47 Å². The van der Waals surface area contributed by atoms with Crippen LogP contribution in [0.1, 0.15) is 33.6 Å². The number of benzene rings is 1. The van der Waals surface area contributed by atoms with Crippen LogP contribution in [0.5, 0.6) is 5.75 Å². The highest BCUT2D eigenvalue weighted by Gasteiger charge is 2.24. The molecule has 3 N–H and O–H groups in total. The molecule has 0 saturated heterocycles. The Labute approximate surface area is 201 Å². The molecule has 1 aliphatic heterocycles. The molecule has 0 radical (unpaired) electrons. The lowest BCUT2D eigenvalue weighted by Crippen LogP contribution is -2.42. The first kappa shape index (κ1) is 26.8. The average Bonchev–Trinajstić information content (AvgIpc) is 2.69. The van der Waals surface area contributed by atoms with E-state index in [1.54, 1.807) is 11.9 Å². The van der Waals surface area contributed by atoms with Crippen molar-refractivity contribution in [3.8, 4) is 5.75 Å². The number of carbonyl (C=O) groups is 2. The second-order valence-electron chi connectivity index (χ2n) is 7.86. The molecule has 0 fully saturated rings. The Morgan fingerprint density at radius 1 is 1.13 bits per heavy atom. The quantitative estimate of drug-likeness (QED) is 0.200. The van der Waals surface area contributed by atoms with Gasteiger partial charge in [0.15, 0.2) is 12.6 Å². The van der Waals surface area contributed by atoms with Crippen LogP contribution < -0.4 is 25.6 Å². The normalized spacial score (nSPS) is 13.5. The minimum absolute atomic E-state index is 0. The molecule has 0 aliphatic carbocycles. The summed E-state index contributed by atoms with van der Waals surface area (Å²) in [5.74, 6) is 1.39. The van der Waals surface area contributed by atoms with Gasteiger partial charge >= 0.3 is 6.09 Å². The third kappa shape index (κ3) is 9.62. The number of anilines is 1. The lowest BCUT2D eigenvalue weighted by molar-refractivity contribution is -0.121. The molecule has 1 aromatic rings. The summed E-state index contributed by atoms with van der Waals surface area (Å²) in [6, 6.07) is 7.56. The van der Waals surface area contributed by atoms with E-state index in [0.29, 0.717) is 32.1 Å². The van der Waals surface area contributed by atoms with Gasteiger partial charge in [0.1, 0.15) is 11.4 Å². The van der Waals surface area contributed by atoms with Gasteiger partial charge in [0.05, 0.1) is 5.69 Å². The van der Waals surface area contributed by atoms with Crippen LogP contribution >= 0.6 is 24.0 Å². The SMILES string of the molecule is CN=C(NCCCNC(=O)OC(C)(C)C)NCCCN1C(=O)COc2ccccc21.I. The van der Waals surface area contributed by atoms with Crippen molar-refractivity contribution in [2.45, 2.75) is 39.2 Å². The topological polar surface area (TPSA) is 104 Å². The van der Waals surface area contributed by atoms with Gasteiger partial charge < -0.3 is 30.3 Å². The van der Waals surface area contributed by atoms with E-state index >= 15 is 0 Å². The average molecular weight is 547 g/mol. The summed E-state index contributed by atoms with van der Waals surface area (Å²) < 4.78 is 10.6. The maximum atomic E-state index is 12.2. The van der Waals surface area contributed by atoms with Crippen LogP contribution in [0.25, 0.3) is 0 Å². The molecule has 1 aromatic carbocycles. The largest absolute Gasteiger partial charge is 0.482 e. The van der Waals surface area contributed by atoms with E-state index < -0.39 is 11.7 Å². The van der Waals surface area contributed by atoms with Crippen LogP contribution in [-0.4, -0.2) is 63.4 Å². The first-order chi connectivity index (χ1) is 14.3. The summed E-state index contributed by atoms with van der Waals surface area (Å²) in [6.07, 6.45) is 1.09. The van der Waals surface area contributed by atoms with E-state index in [1.165, 1.54) is 0 Å². The summed E-state index contributed by atoms with van der Waals surface area (Å²) in [5.41, 5.74) is 0.316. The summed E-state index contributed by atoms with van der Waals surface area (Å²) in [6.45, 7) is 8.01. The van der Waals surface area contributed by atoms with Crippen LogP contribution in [0.3, 0.4) is 0 Å².